The Kier molecular flexibility index (Phi) is 5.86. The summed E-state index contributed by atoms with van der Waals surface area (Å²) >= 11 is 1.62. The summed E-state index contributed by atoms with van der Waals surface area (Å²) < 4.78 is 0. The normalized spacial score (nSPS) is 13.4. The number of unbranched alkanes of at least 4 members (excludes halogenated alkanes) is 1. The van der Waals surface area contributed by atoms with Gasteiger partial charge in [0.15, 0.2) is 0 Å². The fourth-order valence-electron chi connectivity index (χ4n) is 2.47. The van der Waals surface area contributed by atoms with Crippen LogP contribution in [0.25, 0.3) is 10.6 Å². The van der Waals surface area contributed by atoms with E-state index < -0.39 is 6.10 Å². The maximum atomic E-state index is 10.1. The zero-order chi connectivity index (χ0) is 16.1. The summed E-state index contributed by atoms with van der Waals surface area (Å²) in [5.41, 5.74) is 5.08. The molecule has 0 saturated heterocycles. The molecule has 0 aliphatic carbocycles. The summed E-state index contributed by atoms with van der Waals surface area (Å²) in [6.45, 7) is 8.10. The fourth-order valence-corrected chi connectivity index (χ4v) is 3.19. The van der Waals surface area contributed by atoms with Crippen LogP contribution in [0.3, 0.4) is 0 Å². The van der Waals surface area contributed by atoms with Gasteiger partial charge in [0.2, 0.25) is 0 Å². The molecule has 1 aromatic carbocycles. The molecule has 0 amide bonds. The van der Waals surface area contributed by atoms with Crippen molar-refractivity contribution < 1.29 is 5.11 Å². The van der Waals surface area contributed by atoms with Gasteiger partial charge in [-0.05, 0) is 39.2 Å². The number of aliphatic hydroxyl groups excluding tert-OH is 1. The first-order chi connectivity index (χ1) is 10.5. The third kappa shape index (κ3) is 3.81. The van der Waals surface area contributed by atoms with Crippen molar-refractivity contribution in [3.05, 3.63) is 34.8 Å². The maximum Gasteiger partial charge on any atom is 0.123 e. The van der Waals surface area contributed by atoms with Crippen LogP contribution in [0.15, 0.2) is 28.7 Å². The van der Waals surface area contributed by atoms with Crippen LogP contribution >= 0.6 is 11.3 Å². The molecule has 1 N–H and O–H groups in total. The number of aromatic nitrogens is 1. The van der Waals surface area contributed by atoms with Gasteiger partial charge < -0.3 is 5.11 Å². The monoisotopic (exact) mass is 316 g/mol. The van der Waals surface area contributed by atoms with Crippen LogP contribution in [-0.4, -0.2) is 15.8 Å². The number of hydrogen-bond acceptors (Lipinski definition) is 4. The van der Waals surface area contributed by atoms with Crippen LogP contribution in [-0.2, 0) is 0 Å². The Morgan fingerprint density at radius 2 is 2.18 bits per heavy atom. The van der Waals surface area contributed by atoms with E-state index in [1.807, 2.05) is 23.7 Å². The third-order valence-corrected chi connectivity index (χ3v) is 4.58. The van der Waals surface area contributed by atoms with Crippen molar-refractivity contribution in [2.24, 2.45) is 4.99 Å². The van der Waals surface area contributed by atoms with Gasteiger partial charge in [-0.3, -0.25) is 4.99 Å². The van der Waals surface area contributed by atoms with Gasteiger partial charge in [0.05, 0.1) is 11.8 Å². The van der Waals surface area contributed by atoms with Crippen molar-refractivity contribution >= 4 is 22.7 Å². The molecule has 0 aliphatic heterocycles. The quantitative estimate of drug-likeness (QED) is 0.720. The lowest BCUT2D eigenvalue weighted by Crippen LogP contribution is -1.98. The zero-order valence-corrected chi connectivity index (χ0v) is 14.6. The summed E-state index contributed by atoms with van der Waals surface area (Å²) in [5, 5.41) is 13.0. The van der Waals surface area contributed by atoms with Gasteiger partial charge in [-0.1, -0.05) is 25.5 Å². The largest absolute Gasteiger partial charge is 0.389 e. The van der Waals surface area contributed by atoms with Gasteiger partial charge in [-0.15, -0.1) is 11.3 Å². The van der Waals surface area contributed by atoms with Crippen LogP contribution < -0.4 is 0 Å². The van der Waals surface area contributed by atoms with E-state index in [-0.39, 0.29) is 0 Å². The average Bonchev–Trinajstić information content (AvgIpc) is 3.00. The predicted molar refractivity (Wildman–Crippen MR) is 95.2 cm³/mol. The number of rotatable bonds is 6. The van der Waals surface area contributed by atoms with E-state index in [2.05, 4.69) is 25.8 Å². The number of hydrogen-bond donors (Lipinski definition) is 1. The first-order valence-corrected chi connectivity index (χ1v) is 8.68. The lowest BCUT2D eigenvalue weighted by molar-refractivity contribution is 0.200. The third-order valence-electron chi connectivity index (χ3n) is 3.77. The molecule has 0 bridgehead atoms. The Morgan fingerprint density at radius 3 is 2.77 bits per heavy atom. The van der Waals surface area contributed by atoms with Gasteiger partial charge >= 0.3 is 0 Å². The Bertz CT molecular complexity index is 645. The summed E-state index contributed by atoms with van der Waals surface area (Å²) in [4.78, 5) is 9.22. The lowest BCUT2D eigenvalue weighted by atomic mass is 9.99. The standard InChI is InChI=1S/C18H24N2OS/c1-5-6-7-12(2)20-17-13(3)15(18-19-10-11-22-18)8-9-16(17)14(4)21/h8-11,14,21H,5-7H2,1-4H3/b20-12-. The molecule has 0 fully saturated rings. The van der Waals surface area contributed by atoms with Crippen molar-refractivity contribution in [3.8, 4) is 10.6 Å². The highest BCUT2D eigenvalue weighted by Crippen LogP contribution is 2.37. The Hall–Kier alpha value is -1.52. The van der Waals surface area contributed by atoms with Crippen molar-refractivity contribution in [2.75, 3.05) is 0 Å². The molecule has 118 valence electrons. The van der Waals surface area contributed by atoms with Crippen LogP contribution in [0.5, 0.6) is 0 Å². The molecule has 1 atom stereocenters. The van der Waals surface area contributed by atoms with E-state index in [4.69, 9.17) is 4.99 Å². The topological polar surface area (TPSA) is 45.5 Å². The SMILES string of the molecule is CCCC/C(C)=N\c1c(C(C)O)ccc(-c2nccs2)c1C. The van der Waals surface area contributed by atoms with Crippen molar-refractivity contribution in [1.82, 2.24) is 4.98 Å². The summed E-state index contributed by atoms with van der Waals surface area (Å²) in [5.74, 6) is 0. The first-order valence-electron chi connectivity index (χ1n) is 7.80. The highest BCUT2D eigenvalue weighted by molar-refractivity contribution is 7.13. The number of benzene rings is 1. The van der Waals surface area contributed by atoms with Crippen LogP contribution in [0, 0.1) is 6.92 Å². The average molecular weight is 316 g/mol. The predicted octanol–water partition coefficient (Wildman–Crippen LogP) is 5.45. The van der Waals surface area contributed by atoms with Crippen LogP contribution in [0.2, 0.25) is 0 Å². The lowest BCUT2D eigenvalue weighted by Gasteiger charge is -2.15. The summed E-state index contributed by atoms with van der Waals surface area (Å²) in [6, 6.07) is 4.01. The minimum atomic E-state index is -0.526. The van der Waals surface area contributed by atoms with Crippen molar-refractivity contribution in [2.45, 2.75) is 53.1 Å². The number of thiazole rings is 1. The first kappa shape index (κ1) is 16.8. The van der Waals surface area contributed by atoms with E-state index in [0.29, 0.717) is 0 Å². The zero-order valence-electron chi connectivity index (χ0n) is 13.8. The van der Waals surface area contributed by atoms with E-state index in [1.165, 1.54) is 0 Å². The van der Waals surface area contributed by atoms with E-state index in [9.17, 15) is 5.11 Å². The molecule has 4 heteroatoms. The second-order valence-electron chi connectivity index (χ2n) is 5.64. The molecule has 0 radical (unpaired) electrons. The summed E-state index contributed by atoms with van der Waals surface area (Å²) in [6.07, 6.45) is 4.59. The maximum absolute atomic E-state index is 10.1. The second-order valence-corrected chi connectivity index (χ2v) is 6.53. The van der Waals surface area contributed by atoms with Gasteiger partial charge in [0.1, 0.15) is 5.01 Å². The molecule has 1 unspecified atom stereocenters. The molecular formula is C18H24N2OS. The minimum Gasteiger partial charge on any atom is -0.389 e. The number of nitrogens with zero attached hydrogens (tertiary/aromatic N) is 2. The molecule has 2 rings (SSSR count). The van der Waals surface area contributed by atoms with E-state index in [0.717, 1.165) is 52.4 Å². The smallest absolute Gasteiger partial charge is 0.123 e. The van der Waals surface area contributed by atoms with Gasteiger partial charge in [-0.2, -0.15) is 0 Å². The molecule has 1 heterocycles. The van der Waals surface area contributed by atoms with Crippen LogP contribution in [0.4, 0.5) is 5.69 Å². The molecule has 1 aromatic heterocycles. The summed E-state index contributed by atoms with van der Waals surface area (Å²) in [7, 11) is 0. The van der Waals surface area contributed by atoms with Gasteiger partial charge in [0, 0.05) is 28.4 Å². The molecule has 0 spiro atoms. The fraction of sp³-hybridized carbons (Fsp3) is 0.444. The highest BCUT2D eigenvalue weighted by Gasteiger charge is 2.15. The van der Waals surface area contributed by atoms with Crippen LogP contribution in [0.1, 0.15) is 57.3 Å². The Labute approximate surface area is 136 Å². The molecule has 22 heavy (non-hydrogen) atoms. The Balaban J connectivity index is 2.50. The minimum absolute atomic E-state index is 0.526. The van der Waals surface area contributed by atoms with E-state index in [1.54, 1.807) is 18.3 Å². The van der Waals surface area contributed by atoms with Gasteiger partial charge in [-0.25, -0.2) is 4.98 Å². The van der Waals surface area contributed by atoms with Crippen molar-refractivity contribution in [1.29, 1.82) is 0 Å². The highest BCUT2D eigenvalue weighted by atomic mass is 32.1. The van der Waals surface area contributed by atoms with E-state index >= 15 is 0 Å². The number of aliphatic imine (C=N–C) groups is 1. The molecule has 0 aliphatic rings. The van der Waals surface area contributed by atoms with Crippen molar-refractivity contribution in [3.63, 3.8) is 0 Å². The second kappa shape index (κ2) is 7.65. The molecule has 2 aromatic rings. The molecule has 0 saturated carbocycles. The van der Waals surface area contributed by atoms with Gasteiger partial charge in [0.25, 0.3) is 0 Å². The molecule has 3 nitrogen and oxygen atoms in total. The molecular weight excluding hydrogens is 292 g/mol. The Morgan fingerprint density at radius 1 is 1.41 bits per heavy atom. The number of aliphatic hydroxyl groups is 1.